The molecule has 0 spiro atoms. The molecule has 0 atom stereocenters. The average Bonchev–Trinajstić information content (AvgIpc) is 2.30. The lowest BCUT2D eigenvalue weighted by Crippen LogP contribution is -2.49. The zero-order valence-corrected chi connectivity index (χ0v) is 10.3. The van der Waals surface area contributed by atoms with Crippen molar-refractivity contribution in [3.8, 4) is 0 Å². The average molecular weight is 218 g/mol. The second-order valence-electron chi connectivity index (χ2n) is 3.55. The Labute approximate surface area is 93.2 Å². The predicted octanol–water partition coefficient (Wildman–Crippen LogP) is 2.86. The van der Waals surface area contributed by atoms with Crippen molar-refractivity contribution >= 4 is 13.5 Å². The van der Waals surface area contributed by atoms with Crippen LogP contribution in [-0.4, -0.2) is 15.4 Å². The van der Waals surface area contributed by atoms with Crippen LogP contribution in [0.3, 0.4) is 0 Å². The summed E-state index contributed by atoms with van der Waals surface area (Å²) in [5.74, 6) is 0. The van der Waals surface area contributed by atoms with Crippen LogP contribution in [0.15, 0.2) is 55.6 Å². The number of benzene rings is 1. The van der Waals surface area contributed by atoms with Crippen LogP contribution < -0.4 is 5.19 Å². The summed E-state index contributed by atoms with van der Waals surface area (Å²) in [5, 5.41) is 1.31. The van der Waals surface area contributed by atoms with Gasteiger partial charge in [0.25, 0.3) is 0 Å². The maximum atomic E-state index is 5.80. The number of hydrogen-bond donors (Lipinski definition) is 0. The molecule has 80 valence electrons. The van der Waals surface area contributed by atoms with Crippen molar-refractivity contribution in [3.63, 3.8) is 0 Å². The van der Waals surface area contributed by atoms with Gasteiger partial charge in [0, 0.05) is 7.11 Å². The van der Waals surface area contributed by atoms with E-state index in [1.165, 1.54) is 5.19 Å². The van der Waals surface area contributed by atoms with Gasteiger partial charge in [0.1, 0.15) is 0 Å². The van der Waals surface area contributed by atoms with E-state index in [0.29, 0.717) is 0 Å². The summed E-state index contributed by atoms with van der Waals surface area (Å²) in [7, 11) is -0.0839. The fourth-order valence-electron chi connectivity index (χ4n) is 1.81. The third kappa shape index (κ3) is 2.67. The first-order chi connectivity index (χ1) is 7.29. The minimum atomic E-state index is -1.88. The van der Waals surface area contributed by atoms with Crippen LogP contribution in [0.1, 0.15) is 0 Å². The molecule has 1 rings (SSSR count). The molecule has 0 amide bonds. The second kappa shape index (κ2) is 5.68. The minimum absolute atomic E-state index is 0.930. The Balaban J connectivity index is 3.07. The lowest BCUT2D eigenvalue weighted by atomic mass is 10.4. The van der Waals surface area contributed by atoms with Crippen LogP contribution in [0, 0.1) is 0 Å². The zero-order valence-electron chi connectivity index (χ0n) is 9.28. The summed E-state index contributed by atoms with van der Waals surface area (Å²) in [4.78, 5) is 0. The minimum Gasteiger partial charge on any atom is -0.415 e. The van der Waals surface area contributed by atoms with Gasteiger partial charge >= 0.3 is 0 Å². The standard InChI is InChI=1S/C13H18OSi/c1-4-11-15(14-3,12-5-2)13-9-7-6-8-10-13/h4-10H,1-2,11-12H2,3H3. The Morgan fingerprint density at radius 1 is 1.13 bits per heavy atom. The molecular formula is C13H18OSi. The van der Waals surface area contributed by atoms with Gasteiger partial charge in [-0.05, 0) is 17.3 Å². The molecule has 0 aromatic heterocycles. The molecule has 0 bridgehead atoms. The fraction of sp³-hybridized carbons (Fsp3) is 0.231. The Hall–Kier alpha value is -1.12. The predicted molar refractivity (Wildman–Crippen MR) is 68.8 cm³/mol. The zero-order chi connectivity index (χ0) is 11.1. The van der Waals surface area contributed by atoms with Gasteiger partial charge in [-0.3, -0.25) is 0 Å². The van der Waals surface area contributed by atoms with E-state index in [4.69, 9.17) is 4.43 Å². The topological polar surface area (TPSA) is 9.23 Å². The third-order valence-electron chi connectivity index (χ3n) is 2.64. The van der Waals surface area contributed by atoms with Gasteiger partial charge in [-0.15, -0.1) is 13.2 Å². The van der Waals surface area contributed by atoms with Crippen LogP contribution >= 0.6 is 0 Å². The van der Waals surface area contributed by atoms with Crippen LogP contribution in [-0.2, 0) is 4.43 Å². The summed E-state index contributed by atoms with van der Waals surface area (Å²) in [5.41, 5.74) is 0. The van der Waals surface area contributed by atoms with Gasteiger partial charge < -0.3 is 4.43 Å². The molecule has 0 aliphatic carbocycles. The summed E-state index contributed by atoms with van der Waals surface area (Å²) in [6.45, 7) is 7.64. The van der Waals surface area contributed by atoms with Gasteiger partial charge in [-0.1, -0.05) is 42.5 Å². The maximum Gasteiger partial charge on any atom is 0.230 e. The molecule has 0 aliphatic heterocycles. The highest BCUT2D eigenvalue weighted by Gasteiger charge is 2.33. The molecule has 0 heterocycles. The van der Waals surface area contributed by atoms with Crippen LogP contribution in [0.4, 0.5) is 0 Å². The number of hydrogen-bond acceptors (Lipinski definition) is 1. The van der Waals surface area contributed by atoms with E-state index in [9.17, 15) is 0 Å². The van der Waals surface area contributed by atoms with Gasteiger partial charge in [0.2, 0.25) is 8.32 Å². The first kappa shape index (κ1) is 11.9. The lowest BCUT2D eigenvalue weighted by Gasteiger charge is -2.27. The fourth-order valence-corrected chi connectivity index (χ4v) is 4.75. The largest absolute Gasteiger partial charge is 0.415 e. The van der Waals surface area contributed by atoms with Gasteiger partial charge in [0.05, 0.1) is 0 Å². The quantitative estimate of drug-likeness (QED) is 0.527. The van der Waals surface area contributed by atoms with Crippen LogP contribution in [0.25, 0.3) is 0 Å². The van der Waals surface area contributed by atoms with E-state index in [-0.39, 0.29) is 0 Å². The van der Waals surface area contributed by atoms with Crippen molar-refractivity contribution in [3.05, 3.63) is 55.6 Å². The Kier molecular flexibility index (Phi) is 4.53. The van der Waals surface area contributed by atoms with Gasteiger partial charge in [-0.25, -0.2) is 0 Å². The first-order valence-electron chi connectivity index (χ1n) is 5.11. The molecule has 0 N–H and O–H groups in total. The molecule has 2 heteroatoms. The van der Waals surface area contributed by atoms with Crippen molar-refractivity contribution in [2.45, 2.75) is 12.1 Å². The smallest absolute Gasteiger partial charge is 0.230 e. The summed E-state index contributed by atoms with van der Waals surface area (Å²) >= 11 is 0. The molecule has 1 aromatic carbocycles. The molecular weight excluding hydrogens is 200 g/mol. The highest BCUT2D eigenvalue weighted by molar-refractivity contribution is 6.87. The molecule has 15 heavy (non-hydrogen) atoms. The molecule has 1 aromatic rings. The maximum absolute atomic E-state index is 5.80. The Morgan fingerprint density at radius 2 is 1.67 bits per heavy atom. The van der Waals surface area contributed by atoms with Crippen LogP contribution in [0.2, 0.25) is 12.1 Å². The summed E-state index contributed by atoms with van der Waals surface area (Å²) < 4.78 is 5.80. The highest BCUT2D eigenvalue weighted by Crippen LogP contribution is 2.17. The van der Waals surface area contributed by atoms with Crippen LogP contribution in [0.5, 0.6) is 0 Å². The summed E-state index contributed by atoms with van der Waals surface area (Å²) in [6.07, 6.45) is 3.90. The molecule has 0 saturated carbocycles. The molecule has 0 saturated heterocycles. The molecule has 0 radical (unpaired) electrons. The number of allylic oxidation sites excluding steroid dienone is 2. The van der Waals surface area contributed by atoms with E-state index in [2.05, 4.69) is 37.4 Å². The molecule has 0 fully saturated rings. The third-order valence-corrected chi connectivity index (χ3v) is 6.70. The van der Waals surface area contributed by atoms with Gasteiger partial charge in [-0.2, -0.15) is 0 Å². The van der Waals surface area contributed by atoms with Crippen molar-refractivity contribution in [2.75, 3.05) is 7.11 Å². The van der Waals surface area contributed by atoms with E-state index in [1.807, 2.05) is 18.2 Å². The first-order valence-corrected chi connectivity index (χ1v) is 7.44. The van der Waals surface area contributed by atoms with Gasteiger partial charge in [0.15, 0.2) is 0 Å². The molecule has 1 nitrogen and oxygen atoms in total. The van der Waals surface area contributed by atoms with Crippen molar-refractivity contribution in [1.29, 1.82) is 0 Å². The Bertz CT molecular complexity index is 309. The molecule has 0 aliphatic rings. The Morgan fingerprint density at radius 3 is 2.07 bits per heavy atom. The monoisotopic (exact) mass is 218 g/mol. The lowest BCUT2D eigenvalue weighted by molar-refractivity contribution is 0.409. The van der Waals surface area contributed by atoms with Crippen molar-refractivity contribution in [2.24, 2.45) is 0 Å². The van der Waals surface area contributed by atoms with E-state index >= 15 is 0 Å². The summed E-state index contributed by atoms with van der Waals surface area (Å²) in [6, 6.07) is 12.3. The van der Waals surface area contributed by atoms with E-state index in [1.54, 1.807) is 7.11 Å². The highest BCUT2D eigenvalue weighted by atomic mass is 28.4. The van der Waals surface area contributed by atoms with Crippen molar-refractivity contribution < 1.29 is 4.43 Å². The molecule has 0 unspecified atom stereocenters. The van der Waals surface area contributed by atoms with Crippen molar-refractivity contribution in [1.82, 2.24) is 0 Å². The second-order valence-corrected chi connectivity index (χ2v) is 7.34. The number of rotatable bonds is 6. The normalized spacial score (nSPS) is 11.0. The van der Waals surface area contributed by atoms with E-state index < -0.39 is 8.32 Å². The van der Waals surface area contributed by atoms with E-state index in [0.717, 1.165) is 12.1 Å². The SMILES string of the molecule is C=CC[Si](CC=C)(OC)c1ccccc1.